The second-order valence-electron chi connectivity index (χ2n) is 9.76. The number of H-pyrrole nitrogens is 1. The molecule has 1 atom stereocenters. The van der Waals surface area contributed by atoms with Crippen LogP contribution in [0.3, 0.4) is 0 Å². The van der Waals surface area contributed by atoms with Gasteiger partial charge in [0.05, 0.1) is 42.1 Å². The number of rotatable bonds is 6. The van der Waals surface area contributed by atoms with Gasteiger partial charge in [-0.25, -0.2) is 5.01 Å². The molecule has 1 aromatic heterocycles. The first kappa shape index (κ1) is 27.6. The van der Waals surface area contributed by atoms with E-state index in [0.717, 1.165) is 10.9 Å². The molecule has 5 aromatic rings. The first-order chi connectivity index (χ1) is 20.4. The number of carbonyl (C=O) groups is 1. The lowest BCUT2D eigenvalue weighted by atomic mass is 9.90. The second-order valence-corrected chi connectivity index (χ2v) is 10.6. The fourth-order valence-electron chi connectivity index (χ4n) is 5.39. The van der Waals surface area contributed by atoms with E-state index in [0.29, 0.717) is 55.0 Å². The molecule has 0 radical (unpaired) electrons. The van der Waals surface area contributed by atoms with Crippen molar-refractivity contribution < 1.29 is 14.3 Å². The summed E-state index contributed by atoms with van der Waals surface area (Å²) in [7, 11) is 3.13. The van der Waals surface area contributed by atoms with Crippen LogP contribution in [0.15, 0.2) is 101 Å². The van der Waals surface area contributed by atoms with E-state index in [1.165, 1.54) is 5.01 Å². The Morgan fingerprint density at radius 1 is 0.905 bits per heavy atom. The van der Waals surface area contributed by atoms with Gasteiger partial charge in [0.25, 0.3) is 11.5 Å². The third-order valence-corrected chi connectivity index (χ3v) is 7.91. The molecule has 0 bridgehead atoms. The lowest BCUT2D eigenvalue weighted by Gasteiger charge is -2.24. The van der Waals surface area contributed by atoms with E-state index in [9.17, 15) is 9.59 Å². The van der Waals surface area contributed by atoms with Crippen molar-refractivity contribution in [2.45, 2.75) is 12.5 Å². The predicted octanol–water partition coefficient (Wildman–Crippen LogP) is 7.51. The summed E-state index contributed by atoms with van der Waals surface area (Å²) in [6.45, 7) is 0. The van der Waals surface area contributed by atoms with Gasteiger partial charge in [-0.3, -0.25) is 9.59 Å². The number of hydrazone groups is 1. The average molecular weight is 598 g/mol. The van der Waals surface area contributed by atoms with Gasteiger partial charge in [-0.1, -0.05) is 65.7 Å². The minimum Gasteiger partial charge on any atom is -0.497 e. The fourth-order valence-corrected chi connectivity index (χ4v) is 5.78. The Bertz CT molecular complexity index is 1920. The van der Waals surface area contributed by atoms with Gasteiger partial charge in [0.2, 0.25) is 0 Å². The summed E-state index contributed by atoms with van der Waals surface area (Å²) >= 11 is 12.9. The van der Waals surface area contributed by atoms with Crippen molar-refractivity contribution in [3.63, 3.8) is 0 Å². The summed E-state index contributed by atoms with van der Waals surface area (Å²) in [5, 5.41) is 7.80. The van der Waals surface area contributed by atoms with Crippen molar-refractivity contribution in [2.24, 2.45) is 5.10 Å². The number of carbonyl (C=O) groups excluding carboxylic acids is 1. The fraction of sp³-hybridized carbons (Fsp3) is 0.121. The molecule has 4 aromatic carbocycles. The van der Waals surface area contributed by atoms with E-state index in [1.807, 2.05) is 42.5 Å². The Labute approximate surface area is 251 Å². The third kappa shape index (κ3) is 4.91. The molecule has 7 nitrogen and oxygen atoms in total. The number of nitrogens with one attached hydrogen (secondary N) is 1. The molecule has 1 aliphatic heterocycles. The zero-order chi connectivity index (χ0) is 29.4. The zero-order valence-corrected chi connectivity index (χ0v) is 24.2. The first-order valence-corrected chi connectivity index (χ1v) is 13.9. The highest BCUT2D eigenvalue weighted by Crippen LogP contribution is 2.42. The number of ether oxygens (including phenoxy) is 2. The Hall–Kier alpha value is -4.59. The molecule has 42 heavy (non-hydrogen) atoms. The predicted molar refractivity (Wildman–Crippen MR) is 166 cm³/mol. The van der Waals surface area contributed by atoms with Crippen molar-refractivity contribution in [1.82, 2.24) is 9.99 Å². The monoisotopic (exact) mass is 597 g/mol. The van der Waals surface area contributed by atoms with Gasteiger partial charge in [-0.15, -0.1) is 0 Å². The molecule has 6 rings (SSSR count). The highest BCUT2D eigenvalue weighted by atomic mass is 35.5. The maximum absolute atomic E-state index is 14.0. The average Bonchev–Trinajstić information content (AvgIpc) is 3.45. The van der Waals surface area contributed by atoms with E-state index >= 15 is 0 Å². The molecule has 9 heteroatoms. The van der Waals surface area contributed by atoms with Crippen LogP contribution in [0.5, 0.6) is 11.5 Å². The molecule has 210 valence electrons. The van der Waals surface area contributed by atoms with E-state index in [2.05, 4.69) is 4.98 Å². The number of aromatic nitrogens is 1. The van der Waals surface area contributed by atoms with E-state index in [4.69, 9.17) is 37.8 Å². The Morgan fingerprint density at radius 2 is 1.67 bits per heavy atom. The van der Waals surface area contributed by atoms with Gasteiger partial charge < -0.3 is 14.5 Å². The van der Waals surface area contributed by atoms with Gasteiger partial charge in [0.1, 0.15) is 11.5 Å². The zero-order valence-electron chi connectivity index (χ0n) is 22.7. The number of amides is 1. The maximum Gasteiger partial charge on any atom is 0.276 e. The van der Waals surface area contributed by atoms with Crippen LogP contribution in [0.2, 0.25) is 10.0 Å². The summed E-state index contributed by atoms with van der Waals surface area (Å²) < 4.78 is 11.2. The van der Waals surface area contributed by atoms with Crippen LogP contribution >= 0.6 is 23.2 Å². The Balaban J connectivity index is 1.60. The van der Waals surface area contributed by atoms with Crippen molar-refractivity contribution in [3.8, 4) is 22.6 Å². The van der Waals surface area contributed by atoms with Gasteiger partial charge in [0, 0.05) is 33.5 Å². The second kappa shape index (κ2) is 11.4. The van der Waals surface area contributed by atoms with Crippen LogP contribution in [0, 0.1) is 0 Å². The number of pyridine rings is 1. The molecule has 1 N–H and O–H groups in total. The van der Waals surface area contributed by atoms with Crippen LogP contribution in [0.1, 0.15) is 33.9 Å². The first-order valence-electron chi connectivity index (χ1n) is 13.2. The number of fused-ring (bicyclic) bond motifs is 1. The SMILES string of the molecule is COc1ccc(OC)c(C2CC(c3c(-c4ccccc4)c4cc(Cl)ccc4[nH]c3=O)=NN2C(=O)c2ccccc2Cl)c1. The highest BCUT2D eigenvalue weighted by molar-refractivity contribution is 6.34. The van der Waals surface area contributed by atoms with E-state index in [-0.39, 0.29) is 12.0 Å². The van der Waals surface area contributed by atoms with Crippen LogP contribution in [0.25, 0.3) is 22.0 Å². The maximum atomic E-state index is 14.0. The molecule has 0 spiro atoms. The number of hydrogen-bond acceptors (Lipinski definition) is 5. The lowest BCUT2D eigenvalue weighted by Crippen LogP contribution is -2.27. The Kier molecular flexibility index (Phi) is 7.45. The number of hydrogen-bond donors (Lipinski definition) is 1. The van der Waals surface area contributed by atoms with Crippen molar-refractivity contribution >= 4 is 45.7 Å². The van der Waals surface area contributed by atoms with Crippen LogP contribution in [-0.4, -0.2) is 35.8 Å². The number of benzene rings is 4. The largest absolute Gasteiger partial charge is 0.497 e. The standard InChI is InChI=1S/C33H25Cl2N3O4/c1-41-21-13-15-29(42-2)24(17-21)28-18-27(37-38(28)33(40)22-10-6-7-11-25(22)35)31-30(19-8-4-3-5-9-19)23-16-20(34)12-14-26(23)36-32(31)39/h3-17,28H,18H2,1-2H3,(H,36,39). The highest BCUT2D eigenvalue weighted by Gasteiger charge is 2.38. The summed E-state index contributed by atoms with van der Waals surface area (Å²) in [6.07, 6.45) is 0.231. The molecule has 0 aliphatic carbocycles. The lowest BCUT2D eigenvalue weighted by molar-refractivity contribution is 0.0709. The summed E-state index contributed by atoms with van der Waals surface area (Å²) in [4.78, 5) is 30.9. The molecule has 1 aliphatic rings. The van der Waals surface area contributed by atoms with Gasteiger partial charge >= 0.3 is 0 Å². The minimum absolute atomic E-state index is 0.231. The number of halogens is 2. The van der Waals surface area contributed by atoms with E-state index < -0.39 is 11.9 Å². The summed E-state index contributed by atoms with van der Waals surface area (Å²) in [5.41, 5.74) is 3.57. The van der Waals surface area contributed by atoms with Crippen LogP contribution in [-0.2, 0) is 0 Å². The molecule has 2 heterocycles. The number of aromatic amines is 1. The molecular formula is C33H25Cl2N3O4. The van der Waals surface area contributed by atoms with Crippen LogP contribution < -0.4 is 15.0 Å². The van der Waals surface area contributed by atoms with Crippen molar-refractivity contribution in [2.75, 3.05) is 14.2 Å². The molecule has 1 unspecified atom stereocenters. The van der Waals surface area contributed by atoms with Gasteiger partial charge in [-0.05, 0) is 54.1 Å². The molecule has 0 saturated carbocycles. The topological polar surface area (TPSA) is 84.0 Å². The summed E-state index contributed by atoms with van der Waals surface area (Å²) in [5.74, 6) is 0.733. The molecular weight excluding hydrogens is 573 g/mol. The number of nitrogens with zero attached hydrogens (tertiary/aromatic N) is 2. The normalized spacial score (nSPS) is 14.6. The molecule has 1 amide bonds. The Morgan fingerprint density at radius 3 is 2.40 bits per heavy atom. The van der Waals surface area contributed by atoms with E-state index in [1.54, 1.807) is 62.8 Å². The number of methoxy groups -OCH3 is 2. The molecule has 0 fully saturated rings. The van der Waals surface area contributed by atoms with Crippen LogP contribution in [0.4, 0.5) is 0 Å². The quantitative estimate of drug-likeness (QED) is 0.219. The minimum atomic E-state index is -0.619. The van der Waals surface area contributed by atoms with Crippen molar-refractivity contribution in [1.29, 1.82) is 0 Å². The molecule has 0 saturated heterocycles. The van der Waals surface area contributed by atoms with Gasteiger partial charge in [-0.2, -0.15) is 5.10 Å². The smallest absolute Gasteiger partial charge is 0.276 e. The third-order valence-electron chi connectivity index (χ3n) is 7.35. The van der Waals surface area contributed by atoms with Gasteiger partial charge in [0.15, 0.2) is 0 Å². The van der Waals surface area contributed by atoms with Crippen molar-refractivity contribution in [3.05, 3.63) is 128 Å². The summed E-state index contributed by atoms with van der Waals surface area (Å²) in [6, 6.07) is 26.5.